The molecule has 0 aliphatic heterocycles. The first-order valence-corrected chi connectivity index (χ1v) is 6.71. The van der Waals surface area contributed by atoms with Crippen molar-refractivity contribution in [2.75, 3.05) is 6.26 Å². The van der Waals surface area contributed by atoms with Crippen molar-refractivity contribution in [1.82, 2.24) is 0 Å². The lowest BCUT2D eigenvalue weighted by Crippen LogP contribution is -2.35. The summed E-state index contributed by atoms with van der Waals surface area (Å²) in [4.78, 5) is 10.3. The van der Waals surface area contributed by atoms with Crippen molar-refractivity contribution in [2.45, 2.75) is 37.0 Å². The van der Waals surface area contributed by atoms with Gasteiger partial charge in [0.2, 0.25) is 0 Å². The maximum Gasteiger partial charge on any atom is 0.150 e. The van der Waals surface area contributed by atoms with Crippen LogP contribution in [-0.2, 0) is 14.6 Å². The molecule has 0 spiro atoms. The van der Waals surface area contributed by atoms with Crippen molar-refractivity contribution in [2.24, 2.45) is 5.92 Å². The maximum atomic E-state index is 11.3. The number of aliphatic hydroxyl groups excluding tert-OH is 1. The van der Waals surface area contributed by atoms with E-state index in [-0.39, 0.29) is 17.6 Å². The van der Waals surface area contributed by atoms with Crippen LogP contribution in [0.2, 0.25) is 0 Å². The molecule has 0 heterocycles. The number of rotatable bonds is 3. The quantitative estimate of drug-likeness (QED) is 0.687. The average Bonchev–Trinajstić information content (AvgIpc) is 2.07. The highest BCUT2D eigenvalue weighted by molar-refractivity contribution is 7.91. The second-order valence-electron chi connectivity index (χ2n) is 3.99. The van der Waals surface area contributed by atoms with Crippen LogP contribution in [0.5, 0.6) is 0 Å². The van der Waals surface area contributed by atoms with Crippen molar-refractivity contribution in [3.63, 3.8) is 0 Å². The van der Waals surface area contributed by atoms with Crippen LogP contribution in [0.25, 0.3) is 0 Å². The molecule has 1 saturated carbocycles. The first kappa shape index (κ1) is 11.7. The molecule has 0 amide bonds. The fourth-order valence-corrected chi connectivity index (χ4v) is 3.13. The van der Waals surface area contributed by atoms with Gasteiger partial charge in [0.1, 0.15) is 16.1 Å². The highest BCUT2D eigenvalue weighted by atomic mass is 32.2. The van der Waals surface area contributed by atoms with Gasteiger partial charge in [-0.05, 0) is 25.2 Å². The molecule has 0 aromatic carbocycles. The molecule has 0 saturated heterocycles. The van der Waals surface area contributed by atoms with Crippen LogP contribution in [0.1, 0.15) is 25.7 Å². The standard InChI is InChI=1S/C9H16O4S/c1-14(12,13)8-2-3-9(11)7(6-8)4-5-10/h5,7-9,11H,2-4,6H2,1H3/t7?,8-,9-/m1/s1. The Morgan fingerprint density at radius 3 is 2.57 bits per heavy atom. The summed E-state index contributed by atoms with van der Waals surface area (Å²) in [7, 11) is -3.03. The van der Waals surface area contributed by atoms with E-state index in [1.807, 2.05) is 0 Å². The smallest absolute Gasteiger partial charge is 0.150 e. The van der Waals surface area contributed by atoms with Gasteiger partial charge in [0, 0.05) is 12.7 Å². The van der Waals surface area contributed by atoms with Crippen LogP contribution in [0.3, 0.4) is 0 Å². The van der Waals surface area contributed by atoms with E-state index in [4.69, 9.17) is 0 Å². The number of carbonyl (C=O) groups is 1. The highest BCUT2D eigenvalue weighted by Gasteiger charge is 2.33. The second-order valence-corrected chi connectivity index (χ2v) is 6.32. The van der Waals surface area contributed by atoms with Crippen LogP contribution in [0.4, 0.5) is 0 Å². The molecule has 0 bridgehead atoms. The van der Waals surface area contributed by atoms with Gasteiger partial charge < -0.3 is 9.90 Å². The Bertz CT molecular complexity index is 296. The van der Waals surface area contributed by atoms with Gasteiger partial charge in [-0.3, -0.25) is 0 Å². The minimum Gasteiger partial charge on any atom is -0.393 e. The van der Waals surface area contributed by atoms with E-state index in [9.17, 15) is 18.3 Å². The van der Waals surface area contributed by atoms with Gasteiger partial charge in [0.25, 0.3) is 0 Å². The number of sulfone groups is 1. The normalized spacial score (nSPS) is 34.0. The van der Waals surface area contributed by atoms with Crippen molar-refractivity contribution < 1.29 is 18.3 Å². The maximum absolute atomic E-state index is 11.3. The molecule has 0 aromatic rings. The average molecular weight is 220 g/mol. The molecule has 1 unspecified atom stereocenters. The Morgan fingerprint density at radius 2 is 2.07 bits per heavy atom. The van der Waals surface area contributed by atoms with Gasteiger partial charge in [-0.15, -0.1) is 0 Å². The monoisotopic (exact) mass is 220 g/mol. The Morgan fingerprint density at radius 1 is 1.43 bits per heavy atom. The van der Waals surface area contributed by atoms with E-state index in [2.05, 4.69) is 0 Å². The SMILES string of the molecule is CS(=O)(=O)[C@@H]1CC[C@@H](O)C(CC=O)C1. The third-order valence-corrected chi connectivity index (χ3v) is 4.54. The number of aldehydes is 1. The van der Waals surface area contributed by atoms with Gasteiger partial charge in [0.05, 0.1) is 11.4 Å². The van der Waals surface area contributed by atoms with Crippen LogP contribution < -0.4 is 0 Å². The van der Waals surface area contributed by atoms with Gasteiger partial charge in [-0.1, -0.05) is 0 Å². The van der Waals surface area contributed by atoms with Crippen molar-refractivity contribution in [3.8, 4) is 0 Å². The van der Waals surface area contributed by atoms with E-state index in [0.29, 0.717) is 19.3 Å². The third-order valence-electron chi connectivity index (χ3n) is 2.90. The topological polar surface area (TPSA) is 71.4 Å². The first-order valence-electron chi connectivity index (χ1n) is 4.75. The molecule has 1 rings (SSSR count). The minimum absolute atomic E-state index is 0.180. The number of carbonyl (C=O) groups excluding carboxylic acids is 1. The highest BCUT2D eigenvalue weighted by Crippen LogP contribution is 2.30. The molecular weight excluding hydrogens is 204 g/mol. The van der Waals surface area contributed by atoms with Crippen LogP contribution in [0, 0.1) is 5.92 Å². The summed E-state index contributed by atoms with van der Waals surface area (Å²) in [5.41, 5.74) is 0. The Hall–Kier alpha value is -0.420. The summed E-state index contributed by atoms with van der Waals surface area (Å²) >= 11 is 0. The zero-order chi connectivity index (χ0) is 10.8. The zero-order valence-electron chi connectivity index (χ0n) is 8.22. The molecule has 1 fully saturated rings. The van der Waals surface area contributed by atoms with Gasteiger partial charge in [0.15, 0.2) is 0 Å². The summed E-state index contributed by atoms with van der Waals surface area (Å²) in [5.74, 6) is -0.180. The predicted molar refractivity (Wildman–Crippen MR) is 52.7 cm³/mol. The number of hydrogen-bond acceptors (Lipinski definition) is 4. The molecule has 5 heteroatoms. The van der Waals surface area contributed by atoms with E-state index < -0.39 is 15.9 Å². The minimum atomic E-state index is -3.03. The molecular formula is C9H16O4S. The lowest BCUT2D eigenvalue weighted by molar-refractivity contribution is -0.109. The van der Waals surface area contributed by atoms with Crippen LogP contribution >= 0.6 is 0 Å². The van der Waals surface area contributed by atoms with E-state index >= 15 is 0 Å². The fourth-order valence-electron chi connectivity index (χ4n) is 1.97. The predicted octanol–water partition coefficient (Wildman–Crippen LogP) is 0.150. The van der Waals surface area contributed by atoms with Gasteiger partial charge in [-0.25, -0.2) is 8.42 Å². The lowest BCUT2D eigenvalue weighted by atomic mass is 9.84. The molecule has 1 aliphatic rings. The van der Waals surface area contributed by atoms with Gasteiger partial charge >= 0.3 is 0 Å². The van der Waals surface area contributed by atoms with Gasteiger partial charge in [-0.2, -0.15) is 0 Å². The zero-order valence-corrected chi connectivity index (χ0v) is 9.03. The molecule has 4 nitrogen and oxygen atoms in total. The molecule has 82 valence electrons. The van der Waals surface area contributed by atoms with E-state index in [1.165, 1.54) is 6.26 Å². The molecule has 1 aliphatic carbocycles. The molecule has 0 radical (unpaired) electrons. The summed E-state index contributed by atoms with van der Waals surface area (Å²) in [5, 5.41) is 9.15. The lowest BCUT2D eigenvalue weighted by Gasteiger charge is -2.31. The van der Waals surface area contributed by atoms with E-state index in [0.717, 1.165) is 6.29 Å². The summed E-state index contributed by atoms with van der Waals surface area (Å²) in [6, 6.07) is 0. The fraction of sp³-hybridized carbons (Fsp3) is 0.889. The number of hydrogen-bond donors (Lipinski definition) is 1. The summed E-state index contributed by atoms with van der Waals surface area (Å²) in [6.07, 6.45) is 3.11. The molecule has 0 aromatic heterocycles. The Balaban J connectivity index is 2.66. The first-order chi connectivity index (χ1) is 6.45. The molecule has 1 N–H and O–H groups in total. The second kappa shape index (κ2) is 4.40. The van der Waals surface area contributed by atoms with Crippen molar-refractivity contribution in [1.29, 1.82) is 0 Å². The third kappa shape index (κ3) is 2.78. The van der Waals surface area contributed by atoms with Crippen molar-refractivity contribution >= 4 is 16.1 Å². The van der Waals surface area contributed by atoms with Crippen molar-refractivity contribution in [3.05, 3.63) is 0 Å². The van der Waals surface area contributed by atoms with Crippen LogP contribution in [0.15, 0.2) is 0 Å². The van der Waals surface area contributed by atoms with Crippen LogP contribution in [-0.4, -0.2) is 37.4 Å². The summed E-state index contributed by atoms with van der Waals surface area (Å²) in [6.45, 7) is 0. The largest absolute Gasteiger partial charge is 0.393 e. The molecule has 14 heavy (non-hydrogen) atoms. The molecule has 3 atom stereocenters. The van der Waals surface area contributed by atoms with E-state index in [1.54, 1.807) is 0 Å². The Kier molecular flexibility index (Phi) is 3.66. The Labute approximate surface area is 84.2 Å². The number of aliphatic hydroxyl groups is 1. The summed E-state index contributed by atoms with van der Waals surface area (Å²) < 4.78 is 22.5.